The van der Waals surface area contributed by atoms with Crippen LogP contribution in [0.3, 0.4) is 0 Å². The topological polar surface area (TPSA) is 70.7 Å². The lowest BCUT2D eigenvalue weighted by molar-refractivity contribution is -0.118. The number of pyridine rings is 1. The molecule has 3 aromatic rings. The number of allylic oxidation sites excluding steroid dienone is 1. The quantitative estimate of drug-likeness (QED) is 0.351. The normalized spacial score (nSPS) is 21.4. The molecule has 2 atom stereocenters. The van der Waals surface area contributed by atoms with Crippen LogP contribution in [-0.4, -0.2) is 20.9 Å². The number of carbonyl (C=O) groups excluding carboxylic acids is 1. The molecule has 1 saturated carbocycles. The molecule has 6 heteroatoms. The van der Waals surface area contributed by atoms with Gasteiger partial charge in [-0.3, -0.25) is 4.79 Å². The summed E-state index contributed by atoms with van der Waals surface area (Å²) in [4.78, 5) is 24.9. The number of H-pyrrole nitrogens is 1. The molecule has 2 heterocycles. The molecule has 1 aliphatic carbocycles. The molecule has 5 nitrogen and oxygen atoms in total. The highest BCUT2D eigenvalue weighted by Gasteiger charge is 2.35. The van der Waals surface area contributed by atoms with Crippen LogP contribution in [0.1, 0.15) is 57.3 Å². The second-order valence-electron chi connectivity index (χ2n) is 9.19. The smallest absolute Gasteiger partial charge is 0.224 e. The Labute approximate surface area is 188 Å². The van der Waals surface area contributed by atoms with E-state index in [1.807, 2.05) is 30.3 Å². The Morgan fingerprint density at radius 2 is 2.23 bits per heavy atom. The van der Waals surface area contributed by atoms with E-state index in [1.165, 1.54) is 5.57 Å². The summed E-state index contributed by atoms with van der Waals surface area (Å²) in [5, 5.41) is 3.56. The number of hydrogen-bond acceptors (Lipinski definition) is 3. The number of amides is 1. The summed E-state index contributed by atoms with van der Waals surface area (Å²) in [6.07, 6.45) is 6.99. The Kier molecular flexibility index (Phi) is 6.15. The van der Waals surface area contributed by atoms with Crippen molar-refractivity contribution in [2.24, 2.45) is 11.3 Å². The van der Waals surface area contributed by atoms with Crippen molar-refractivity contribution in [3.8, 4) is 0 Å². The van der Waals surface area contributed by atoms with Crippen molar-refractivity contribution in [2.75, 3.05) is 5.32 Å². The van der Waals surface area contributed by atoms with Gasteiger partial charge in [0.2, 0.25) is 5.91 Å². The maximum absolute atomic E-state index is 12.8. The number of imidazole rings is 1. The first-order valence-corrected chi connectivity index (χ1v) is 11.3. The number of halogens is 1. The van der Waals surface area contributed by atoms with Crippen molar-refractivity contribution in [1.82, 2.24) is 15.0 Å². The van der Waals surface area contributed by atoms with Gasteiger partial charge < -0.3 is 10.3 Å². The predicted octanol–water partition coefficient (Wildman–Crippen LogP) is 6.30. The highest BCUT2D eigenvalue weighted by atomic mass is 35.5. The number of hydrogen-bond donors (Lipinski definition) is 2. The first-order chi connectivity index (χ1) is 14.8. The third-order valence-corrected chi connectivity index (χ3v) is 6.55. The summed E-state index contributed by atoms with van der Waals surface area (Å²) >= 11 is 6.17. The molecule has 2 aromatic heterocycles. The summed E-state index contributed by atoms with van der Waals surface area (Å²) in [5.74, 6) is 1.49. The molecule has 1 amide bonds. The lowest BCUT2D eigenvalue weighted by Gasteiger charge is -2.38. The Hall–Kier alpha value is -2.66. The number of nitrogens with one attached hydrogen (secondary N) is 2. The Balaban J connectivity index is 1.44. The molecule has 4 rings (SSSR count). The van der Waals surface area contributed by atoms with E-state index >= 15 is 0 Å². The van der Waals surface area contributed by atoms with Gasteiger partial charge in [0.15, 0.2) is 0 Å². The van der Waals surface area contributed by atoms with Crippen LogP contribution in [0, 0.1) is 11.3 Å². The van der Waals surface area contributed by atoms with Crippen LogP contribution < -0.4 is 5.32 Å². The van der Waals surface area contributed by atoms with E-state index in [1.54, 1.807) is 6.20 Å². The van der Waals surface area contributed by atoms with Gasteiger partial charge in [-0.15, -0.1) is 0 Å². The highest BCUT2D eigenvalue weighted by Crippen LogP contribution is 2.44. The molecule has 1 aliphatic rings. The molecular formula is C25H29ClN4O. The SMILES string of the molecule is C=C1CC(CC)CC(C)(CC(=O)Nc2ccc3nc(Cc4cccnc4Cl)[nH]c3c2)C1. The van der Waals surface area contributed by atoms with Crippen molar-refractivity contribution in [1.29, 1.82) is 0 Å². The molecule has 2 unspecified atom stereocenters. The summed E-state index contributed by atoms with van der Waals surface area (Å²) in [5.41, 5.74) is 4.69. The molecule has 0 saturated heterocycles. The zero-order chi connectivity index (χ0) is 22.0. The second kappa shape index (κ2) is 8.83. The van der Waals surface area contributed by atoms with Crippen LogP contribution in [0.5, 0.6) is 0 Å². The predicted molar refractivity (Wildman–Crippen MR) is 126 cm³/mol. The minimum atomic E-state index is -0.0195. The molecule has 1 aromatic carbocycles. The van der Waals surface area contributed by atoms with Gasteiger partial charge >= 0.3 is 0 Å². The van der Waals surface area contributed by atoms with Crippen molar-refractivity contribution in [3.63, 3.8) is 0 Å². The van der Waals surface area contributed by atoms with Crippen LogP contribution in [0.2, 0.25) is 5.15 Å². The molecule has 31 heavy (non-hydrogen) atoms. The van der Waals surface area contributed by atoms with E-state index in [9.17, 15) is 4.79 Å². The van der Waals surface area contributed by atoms with Crippen LogP contribution in [0.25, 0.3) is 11.0 Å². The number of aromatic nitrogens is 3. The molecule has 1 fully saturated rings. The largest absolute Gasteiger partial charge is 0.342 e. The van der Waals surface area contributed by atoms with Crippen molar-refractivity contribution in [2.45, 2.75) is 52.4 Å². The van der Waals surface area contributed by atoms with E-state index in [2.05, 4.69) is 40.7 Å². The number of carbonyl (C=O) groups is 1. The zero-order valence-electron chi connectivity index (χ0n) is 18.2. The van der Waals surface area contributed by atoms with Gasteiger partial charge in [-0.1, -0.05) is 50.1 Å². The van der Waals surface area contributed by atoms with Crippen LogP contribution in [-0.2, 0) is 11.2 Å². The number of nitrogens with zero attached hydrogens (tertiary/aromatic N) is 2. The lowest BCUT2D eigenvalue weighted by atomic mass is 9.67. The van der Waals surface area contributed by atoms with Crippen molar-refractivity contribution < 1.29 is 4.79 Å². The number of fused-ring (bicyclic) bond motifs is 1. The van der Waals surface area contributed by atoms with Gasteiger partial charge in [-0.25, -0.2) is 9.97 Å². The van der Waals surface area contributed by atoms with E-state index in [0.717, 1.165) is 53.8 Å². The molecule has 0 radical (unpaired) electrons. The van der Waals surface area contributed by atoms with Crippen molar-refractivity contribution >= 4 is 34.2 Å². The minimum Gasteiger partial charge on any atom is -0.342 e. The van der Waals surface area contributed by atoms with Crippen LogP contribution in [0.15, 0.2) is 48.7 Å². The molecular weight excluding hydrogens is 408 g/mol. The Morgan fingerprint density at radius 3 is 3.00 bits per heavy atom. The van der Waals surface area contributed by atoms with Gasteiger partial charge in [0.25, 0.3) is 0 Å². The van der Waals surface area contributed by atoms with Gasteiger partial charge in [0.1, 0.15) is 11.0 Å². The third kappa shape index (κ3) is 5.16. The standard InChI is InChI=1S/C25H29ClN4O/c1-4-17-10-16(2)13-25(3,14-17)15-23(31)28-19-7-8-20-21(12-19)30-22(29-20)11-18-6-5-9-27-24(18)26/h5-9,12,17H,2,4,10-11,13-15H2,1,3H3,(H,28,31)(H,29,30). The summed E-state index contributed by atoms with van der Waals surface area (Å²) in [6.45, 7) is 8.65. The number of aromatic amines is 1. The maximum atomic E-state index is 12.8. The first-order valence-electron chi connectivity index (χ1n) is 10.9. The zero-order valence-corrected chi connectivity index (χ0v) is 18.9. The third-order valence-electron chi connectivity index (χ3n) is 6.21. The average Bonchev–Trinajstić information content (AvgIpc) is 3.10. The fourth-order valence-electron chi connectivity index (χ4n) is 4.90. The van der Waals surface area contributed by atoms with E-state index in [0.29, 0.717) is 23.9 Å². The monoisotopic (exact) mass is 436 g/mol. The van der Waals surface area contributed by atoms with Crippen LogP contribution in [0.4, 0.5) is 5.69 Å². The highest BCUT2D eigenvalue weighted by molar-refractivity contribution is 6.30. The molecule has 0 bridgehead atoms. The summed E-state index contributed by atoms with van der Waals surface area (Å²) < 4.78 is 0. The first kappa shape index (κ1) is 21.6. The number of benzene rings is 1. The van der Waals surface area contributed by atoms with Gasteiger partial charge in [0, 0.05) is 24.7 Å². The Morgan fingerprint density at radius 1 is 1.39 bits per heavy atom. The summed E-state index contributed by atoms with van der Waals surface area (Å²) in [7, 11) is 0. The van der Waals surface area contributed by atoms with E-state index in [4.69, 9.17) is 11.6 Å². The van der Waals surface area contributed by atoms with Crippen LogP contribution >= 0.6 is 11.6 Å². The lowest BCUT2D eigenvalue weighted by Crippen LogP contribution is -2.31. The minimum absolute atomic E-state index is 0.0195. The fourth-order valence-corrected chi connectivity index (χ4v) is 5.08. The maximum Gasteiger partial charge on any atom is 0.224 e. The van der Waals surface area contributed by atoms with Crippen molar-refractivity contribution in [3.05, 3.63) is 65.2 Å². The average molecular weight is 437 g/mol. The van der Waals surface area contributed by atoms with E-state index < -0.39 is 0 Å². The number of anilines is 1. The van der Waals surface area contributed by atoms with Gasteiger partial charge in [0.05, 0.1) is 11.0 Å². The molecule has 2 N–H and O–H groups in total. The molecule has 0 aliphatic heterocycles. The second-order valence-corrected chi connectivity index (χ2v) is 9.55. The van der Waals surface area contributed by atoms with Gasteiger partial charge in [-0.05, 0) is 60.4 Å². The van der Waals surface area contributed by atoms with Gasteiger partial charge in [-0.2, -0.15) is 0 Å². The van der Waals surface area contributed by atoms with E-state index in [-0.39, 0.29) is 11.3 Å². The molecule has 162 valence electrons. The fraction of sp³-hybridized carbons (Fsp3) is 0.400. The summed E-state index contributed by atoms with van der Waals surface area (Å²) in [6, 6.07) is 9.57. The molecule has 0 spiro atoms. The number of rotatable bonds is 6. The Bertz CT molecular complexity index is 1120.